The molecule has 0 aliphatic heterocycles. The normalized spacial score (nSPS) is 19.4. The molecule has 1 atom stereocenters. The summed E-state index contributed by atoms with van der Waals surface area (Å²) in [5.74, 6) is 0.718. The van der Waals surface area contributed by atoms with Crippen molar-refractivity contribution in [2.45, 2.75) is 51.6 Å². The maximum Gasteiger partial charge on any atom is 0.0630 e. The van der Waals surface area contributed by atoms with Crippen LogP contribution in [-0.2, 0) is 4.74 Å². The molecular formula is C14H30N2O. The van der Waals surface area contributed by atoms with Gasteiger partial charge in [0, 0.05) is 25.7 Å². The smallest absolute Gasteiger partial charge is 0.0630 e. The van der Waals surface area contributed by atoms with Crippen LogP contribution in [0.25, 0.3) is 0 Å². The van der Waals surface area contributed by atoms with E-state index < -0.39 is 0 Å². The van der Waals surface area contributed by atoms with Crippen LogP contribution in [0.3, 0.4) is 0 Å². The van der Waals surface area contributed by atoms with Gasteiger partial charge in [-0.25, -0.2) is 0 Å². The first-order valence-corrected chi connectivity index (χ1v) is 7.06. The van der Waals surface area contributed by atoms with Crippen molar-refractivity contribution in [3.63, 3.8) is 0 Å². The molecule has 1 rings (SSSR count). The van der Waals surface area contributed by atoms with Gasteiger partial charge in [0.1, 0.15) is 0 Å². The number of rotatable bonds is 8. The third-order valence-corrected chi connectivity index (χ3v) is 3.77. The van der Waals surface area contributed by atoms with E-state index in [2.05, 4.69) is 31.1 Å². The molecule has 0 aromatic heterocycles. The summed E-state index contributed by atoms with van der Waals surface area (Å²) >= 11 is 0. The number of likely N-dealkylation sites (N-methyl/N-ethyl adjacent to an activating group) is 1. The van der Waals surface area contributed by atoms with Gasteiger partial charge in [-0.15, -0.1) is 0 Å². The Hall–Kier alpha value is -0.120. The molecule has 3 nitrogen and oxygen atoms in total. The van der Waals surface area contributed by atoms with E-state index in [0.29, 0.717) is 6.04 Å². The van der Waals surface area contributed by atoms with Crippen LogP contribution in [0.2, 0.25) is 0 Å². The molecule has 3 heteroatoms. The number of methoxy groups -OCH3 is 1. The first-order chi connectivity index (χ1) is 8.15. The van der Waals surface area contributed by atoms with Crippen molar-refractivity contribution >= 4 is 0 Å². The monoisotopic (exact) mass is 242 g/mol. The molecule has 1 fully saturated rings. The first kappa shape index (κ1) is 14.9. The minimum Gasteiger partial charge on any atom is -0.383 e. The fraction of sp³-hybridized carbons (Fsp3) is 1.00. The number of nitrogens with one attached hydrogen (secondary N) is 1. The van der Waals surface area contributed by atoms with Crippen LogP contribution in [-0.4, -0.2) is 50.8 Å². The van der Waals surface area contributed by atoms with Gasteiger partial charge in [-0.2, -0.15) is 0 Å². The topological polar surface area (TPSA) is 24.5 Å². The van der Waals surface area contributed by atoms with Gasteiger partial charge in [0.15, 0.2) is 0 Å². The lowest BCUT2D eigenvalue weighted by Crippen LogP contribution is -2.47. The van der Waals surface area contributed by atoms with Crippen molar-refractivity contribution in [3.05, 3.63) is 0 Å². The van der Waals surface area contributed by atoms with Gasteiger partial charge in [-0.3, -0.25) is 4.90 Å². The maximum atomic E-state index is 5.36. The molecular weight excluding hydrogens is 212 g/mol. The van der Waals surface area contributed by atoms with Gasteiger partial charge in [0.25, 0.3) is 0 Å². The van der Waals surface area contributed by atoms with Crippen molar-refractivity contribution in [1.82, 2.24) is 10.2 Å². The number of nitrogens with zero attached hydrogens (tertiary/aromatic N) is 1. The van der Waals surface area contributed by atoms with Crippen molar-refractivity contribution in [1.29, 1.82) is 0 Å². The van der Waals surface area contributed by atoms with E-state index in [1.54, 1.807) is 7.11 Å². The average Bonchev–Trinajstić information content (AvgIpc) is 2.80. The van der Waals surface area contributed by atoms with Gasteiger partial charge < -0.3 is 10.1 Å². The number of hydrogen-bond acceptors (Lipinski definition) is 3. The lowest BCUT2D eigenvalue weighted by atomic mass is 10.1. The molecule has 17 heavy (non-hydrogen) atoms. The highest BCUT2D eigenvalue weighted by atomic mass is 16.5. The number of hydrogen-bond donors (Lipinski definition) is 1. The van der Waals surface area contributed by atoms with E-state index in [4.69, 9.17) is 4.74 Å². The summed E-state index contributed by atoms with van der Waals surface area (Å²) in [6.45, 7) is 7.47. The molecule has 1 unspecified atom stereocenters. The largest absolute Gasteiger partial charge is 0.383 e. The van der Waals surface area contributed by atoms with Crippen molar-refractivity contribution in [2.75, 3.05) is 33.9 Å². The Bertz CT molecular complexity index is 191. The SMILES string of the molecule is COCC(CNCC(C)C)N(C)C1CCCC1. The molecule has 0 radical (unpaired) electrons. The van der Waals surface area contributed by atoms with Gasteiger partial charge >= 0.3 is 0 Å². The fourth-order valence-electron chi connectivity index (χ4n) is 2.66. The molecule has 0 saturated heterocycles. The Morgan fingerprint density at radius 1 is 1.24 bits per heavy atom. The molecule has 0 spiro atoms. The van der Waals surface area contributed by atoms with Crippen molar-refractivity contribution < 1.29 is 4.74 Å². The quantitative estimate of drug-likeness (QED) is 0.705. The van der Waals surface area contributed by atoms with Crippen LogP contribution in [0, 0.1) is 5.92 Å². The van der Waals surface area contributed by atoms with Gasteiger partial charge in [0.2, 0.25) is 0 Å². The van der Waals surface area contributed by atoms with Crippen molar-refractivity contribution in [2.24, 2.45) is 5.92 Å². The second-order valence-corrected chi connectivity index (χ2v) is 5.77. The zero-order valence-corrected chi connectivity index (χ0v) is 12.0. The predicted molar refractivity (Wildman–Crippen MR) is 73.4 cm³/mol. The fourth-order valence-corrected chi connectivity index (χ4v) is 2.66. The maximum absolute atomic E-state index is 5.36. The zero-order chi connectivity index (χ0) is 12.7. The Balaban J connectivity index is 2.34. The van der Waals surface area contributed by atoms with Crippen LogP contribution < -0.4 is 5.32 Å². The van der Waals surface area contributed by atoms with Gasteiger partial charge in [0.05, 0.1) is 6.61 Å². The number of ether oxygens (including phenoxy) is 1. The molecule has 102 valence electrons. The standard InChI is InChI=1S/C14H30N2O/c1-12(2)9-15-10-14(11-17-4)16(3)13-7-5-6-8-13/h12-15H,5-11H2,1-4H3. The summed E-state index contributed by atoms with van der Waals surface area (Å²) in [4.78, 5) is 2.53. The molecule has 0 bridgehead atoms. The summed E-state index contributed by atoms with van der Waals surface area (Å²) in [6, 6.07) is 1.29. The summed E-state index contributed by atoms with van der Waals surface area (Å²) in [7, 11) is 4.06. The molecule has 0 heterocycles. The zero-order valence-electron chi connectivity index (χ0n) is 12.0. The lowest BCUT2D eigenvalue weighted by Gasteiger charge is -2.33. The van der Waals surface area contributed by atoms with Crippen LogP contribution >= 0.6 is 0 Å². The second kappa shape index (κ2) is 8.06. The summed E-state index contributed by atoms with van der Waals surface area (Å²) in [5.41, 5.74) is 0. The Kier molecular flexibility index (Phi) is 7.09. The Morgan fingerprint density at radius 3 is 2.41 bits per heavy atom. The van der Waals surface area contributed by atoms with E-state index >= 15 is 0 Å². The highest BCUT2D eigenvalue weighted by molar-refractivity contribution is 4.81. The molecule has 1 aliphatic rings. The predicted octanol–water partition coefficient (Wildman–Crippen LogP) is 2.12. The lowest BCUT2D eigenvalue weighted by molar-refractivity contribution is 0.0802. The summed E-state index contributed by atoms with van der Waals surface area (Å²) in [5, 5.41) is 3.55. The van der Waals surface area contributed by atoms with E-state index in [0.717, 1.165) is 31.7 Å². The van der Waals surface area contributed by atoms with Crippen LogP contribution in [0.5, 0.6) is 0 Å². The molecule has 0 aromatic carbocycles. The molecule has 1 saturated carbocycles. The van der Waals surface area contributed by atoms with E-state index in [1.807, 2.05) is 0 Å². The molecule has 0 aromatic rings. The highest BCUT2D eigenvalue weighted by Gasteiger charge is 2.25. The van der Waals surface area contributed by atoms with Gasteiger partial charge in [-0.1, -0.05) is 26.7 Å². The summed E-state index contributed by atoms with van der Waals surface area (Å²) < 4.78 is 5.36. The third-order valence-electron chi connectivity index (χ3n) is 3.77. The Labute approximate surface area is 107 Å². The van der Waals surface area contributed by atoms with Gasteiger partial charge in [-0.05, 0) is 32.4 Å². The van der Waals surface area contributed by atoms with E-state index in [9.17, 15) is 0 Å². The second-order valence-electron chi connectivity index (χ2n) is 5.77. The Morgan fingerprint density at radius 2 is 1.88 bits per heavy atom. The first-order valence-electron chi connectivity index (χ1n) is 7.06. The van der Waals surface area contributed by atoms with E-state index in [1.165, 1.54) is 25.7 Å². The van der Waals surface area contributed by atoms with Crippen LogP contribution in [0.1, 0.15) is 39.5 Å². The minimum absolute atomic E-state index is 0.516. The van der Waals surface area contributed by atoms with Crippen LogP contribution in [0.4, 0.5) is 0 Å². The van der Waals surface area contributed by atoms with E-state index in [-0.39, 0.29) is 0 Å². The highest BCUT2D eigenvalue weighted by Crippen LogP contribution is 2.23. The third kappa shape index (κ3) is 5.36. The summed E-state index contributed by atoms with van der Waals surface area (Å²) in [6.07, 6.45) is 5.52. The van der Waals surface area contributed by atoms with Crippen LogP contribution in [0.15, 0.2) is 0 Å². The minimum atomic E-state index is 0.516. The van der Waals surface area contributed by atoms with Crippen molar-refractivity contribution in [3.8, 4) is 0 Å². The average molecular weight is 242 g/mol. The molecule has 1 N–H and O–H groups in total. The molecule has 1 aliphatic carbocycles. The molecule has 0 amide bonds.